The van der Waals surface area contributed by atoms with Gasteiger partial charge in [0.05, 0.1) is 10.5 Å². The Morgan fingerprint density at radius 1 is 1.34 bits per heavy atom. The van der Waals surface area contributed by atoms with Crippen LogP contribution in [0.1, 0.15) is 58.6 Å². The maximum Gasteiger partial charge on any atom is 0.335 e. The Morgan fingerprint density at radius 3 is 2.57 bits per heavy atom. The molecule has 1 aliphatic rings. The number of nitro groups is 1. The lowest BCUT2D eigenvalue weighted by Gasteiger charge is -2.32. The van der Waals surface area contributed by atoms with Gasteiger partial charge in [-0.05, 0) is 56.3 Å². The van der Waals surface area contributed by atoms with Crippen LogP contribution in [-0.4, -0.2) is 48.3 Å². The van der Waals surface area contributed by atoms with Crippen molar-refractivity contribution in [1.82, 2.24) is 5.32 Å². The van der Waals surface area contributed by atoms with E-state index in [0.29, 0.717) is 16.4 Å². The number of amidine groups is 1. The highest BCUT2D eigenvalue weighted by molar-refractivity contribution is 8.13. The van der Waals surface area contributed by atoms with Crippen molar-refractivity contribution in [3.8, 4) is 0 Å². The second kappa shape index (κ2) is 12.9. The van der Waals surface area contributed by atoms with Gasteiger partial charge in [0, 0.05) is 34.4 Å². The number of rotatable bonds is 11. The topological polar surface area (TPSA) is 114 Å². The first-order valence-electron chi connectivity index (χ1n) is 11.6. The standard InChI is InChI=1S/C24H36N3O5S2Si/c1-15-20(22(28)29)21(26-23(25-15)33-5)17-14-16(27(30)31)11-12-18(17)34-13-9-8-10-19(24(2,3)4)32-35(6)7/h11-12,14,19,21H,8-10,13H2,1-7H3,(H,25,26)(H,28,29). The predicted octanol–water partition coefficient (Wildman–Crippen LogP) is 6.26. The average molecular weight is 539 g/mol. The van der Waals surface area contributed by atoms with Crippen LogP contribution in [0, 0.1) is 15.5 Å². The summed E-state index contributed by atoms with van der Waals surface area (Å²) in [5.74, 6) is -0.278. The molecule has 2 atom stereocenters. The van der Waals surface area contributed by atoms with Gasteiger partial charge in [-0.2, -0.15) is 0 Å². The van der Waals surface area contributed by atoms with E-state index in [-0.39, 0.29) is 22.8 Å². The van der Waals surface area contributed by atoms with Crippen molar-refractivity contribution in [2.24, 2.45) is 10.4 Å². The molecule has 1 aliphatic heterocycles. The van der Waals surface area contributed by atoms with E-state index in [0.717, 1.165) is 29.9 Å². The molecule has 35 heavy (non-hydrogen) atoms. The summed E-state index contributed by atoms with van der Waals surface area (Å²) in [6.45, 7) is 12.6. The van der Waals surface area contributed by atoms with Crippen LogP contribution in [0.5, 0.6) is 0 Å². The minimum absolute atomic E-state index is 0.0758. The number of non-ortho nitro benzene ring substituents is 1. The highest BCUT2D eigenvalue weighted by Gasteiger charge is 2.32. The molecule has 0 aliphatic carbocycles. The Labute approximate surface area is 218 Å². The quantitative estimate of drug-likeness (QED) is 0.112. The zero-order valence-corrected chi connectivity index (χ0v) is 24.1. The lowest BCUT2D eigenvalue weighted by atomic mass is 9.86. The number of hydrogen-bond donors (Lipinski definition) is 2. The first kappa shape index (κ1) is 29.4. The van der Waals surface area contributed by atoms with Crippen LogP contribution in [0.2, 0.25) is 13.1 Å². The van der Waals surface area contributed by atoms with E-state index in [4.69, 9.17) is 4.43 Å². The lowest BCUT2D eigenvalue weighted by molar-refractivity contribution is -0.385. The molecule has 0 fully saturated rings. The molecule has 0 aromatic heterocycles. The van der Waals surface area contributed by atoms with Gasteiger partial charge >= 0.3 is 5.97 Å². The maximum absolute atomic E-state index is 12.1. The monoisotopic (exact) mass is 538 g/mol. The Hall–Kier alpha value is -1.82. The number of carboxylic acid groups (broad SMARTS) is 1. The fourth-order valence-electron chi connectivity index (χ4n) is 3.81. The normalized spacial score (nSPS) is 17.3. The van der Waals surface area contributed by atoms with Gasteiger partial charge < -0.3 is 14.8 Å². The van der Waals surface area contributed by atoms with Gasteiger partial charge in [-0.3, -0.25) is 10.1 Å². The summed E-state index contributed by atoms with van der Waals surface area (Å²) in [6, 6.07) is 3.84. The molecule has 2 rings (SSSR count). The minimum atomic E-state index is -1.09. The second-order valence-electron chi connectivity index (χ2n) is 9.71. The van der Waals surface area contributed by atoms with Gasteiger partial charge in [-0.25, -0.2) is 9.79 Å². The summed E-state index contributed by atoms with van der Waals surface area (Å²) in [6.07, 6.45) is 5.01. The molecule has 193 valence electrons. The van der Waals surface area contributed by atoms with Crippen LogP contribution >= 0.6 is 23.5 Å². The van der Waals surface area contributed by atoms with Crippen molar-refractivity contribution in [1.29, 1.82) is 0 Å². The van der Waals surface area contributed by atoms with Gasteiger partial charge in [-0.15, -0.1) is 11.8 Å². The van der Waals surface area contributed by atoms with Gasteiger partial charge in [0.1, 0.15) is 6.04 Å². The van der Waals surface area contributed by atoms with E-state index in [9.17, 15) is 20.0 Å². The molecule has 1 heterocycles. The largest absolute Gasteiger partial charge is 0.478 e. The van der Waals surface area contributed by atoms with E-state index in [2.05, 4.69) is 44.2 Å². The second-order valence-corrected chi connectivity index (χ2v) is 13.7. The zero-order valence-electron chi connectivity index (χ0n) is 21.5. The summed E-state index contributed by atoms with van der Waals surface area (Å²) in [7, 11) is -0.784. The van der Waals surface area contributed by atoms with E-state index >= 15 is 0 Å². The maximum atomic E-state index is 12.1. The number of aliphatic imine (C=N–C) groups is 1. The molecule has 0 spiro atoms. The Kier molecular flexibility index (Phi) is 10.9. The Balaban J connectivity index is 2.23. The highest BCUT2D eigenvalue weighted by Crippen LogP contribution is 2.39. The number of aliphatic carboxylic acids is 1. The highest BCUT2D eigenvalue weighted by atomic mass is 32.2. The summed E-state index contributed by atoms with van der Waals surface area (Å²) in [5.41, 5.74) is 1.15. The van der Waals surface area contributed by atoms with Crippen LogP contribution < -0.4 is 5.32 Å². The van der Waals surface area contributed by atoms with Crippen LogP contribution in [0.3, 0.4) is 0 Å². The molecule has 1 aromatic rings. The Bertz CT molecular complexity index is 992. The molecule has 1 aromatic carbocycles. The van der Waals surface area contributed by atoms with E-state index in [1.54, 1.807) is 24.8 Å². The summed E-state index contributed by atoms with van der Waals surface area (Å²) >= 11 is 2.96. The SMILES string of the molecule is CSC1=NC(c2cc([N+](=O)[O-])ccc2SCCCCC(O[Si](C)C)C(C)(C)C)C(C(=O)O)=C(C)N1. The number of allylic oxidation sites excluding steroid dienone is 1. The smallest absolute Gasteiger partial charge is 0.335 e. The lowest BCUT2D eigenvalue weighted by Crippen LogP contribution is -2.33. The third kappa shape index (κ3) is 8.37. The summed E-state index contributed by atoms with van der Waals surface area (Å²) < 4.78 is 6.23. The number of nitrogens with one attached hydrogen (secondary N) is 1. The van der Waals surface area contributed by atoms with Gasteiger partial charge in [0.15, 0.2) is 5.17 Å². The number of nitro benzene ring substituents is 1. The fraction of sp³-hybridized carbons (Fsp3) is 0.583. The molecule has 0 saturated carbocycles. The van der Waals surface area contributed by atoms with Crippen LogP contribution in [0.25, 0.3) is 0 Å². The number of carboxylic acids is 1. The number of carbonyl (C=O) groups is 1. The fourth-order valence-corrected chi connectivity index (χ4v) is 6.39. The molecule has 0 bridgehead atoms. The van der Waals surface area contributed by atoms with Crippen molar-refractivity contribution in [3.63, 3.8) is 0 Å². The molecule has 0 amide bonds. The first-order chi connectivity index (χ1) is 16.3. The molecule has 2 N–H and O–H groups in total. The van der Waals surface area contributed by atoms with Crippen LogP contribution in [-0.2, 0) is 9.22 Å². The molecule has 11 heteroatoms. The molecule has 0 saturated heterocycles. The Morgan fingerprint density at radius 2 is 2.03 bits per heavy atom. The summed E-state index contributed by atoms with van der Waals surface area (Å²) in [4.78, 5) is 28.5. The third-order valence-electron chi connectivity index (χ3n) is 5.60. The molecular formula is C24H36N3O5S2Si. The van der Waals surface area contributed by atoms with Gasteiger partial charge in [-0.1, -0.05) is 39.0 Å². The number of benzene rings is 1. The van der Waals surface area contributed by atoms with E-state index in [1.165, 1.54) is 23.9 Å². The third-order valence-corrected chi connectivity index (χ3v) is 8.13. The average Bonchev–Trinajstić information content (AvgIpc) is 2.76. The molecule has 1 radical (unpaired) electrons. The van der Waals surface area contributed by atoms with Crippen LogP contribution in [0.15, 0.2) is 39.4 Å². The van der Waals surface area contributed by atoms with Gasteiger partial charge in [0.25, 0.3) is 5.69 Å². The van der Waals surface area contributed by atoms with Crippen molar-refractivity contribution in [2.75, 3.05) is 12.0 Å². The van der Waals surface area contributed by atoms with E-state index in [1.807, 2.05) is 6.26 Å². The zero-order chi connectivity index (χ0) is 26.3. The summed E-state index contributed by atoms with van der Waals surface area (Å²) in [5, 5.41) is 24.9. The number of thioether (sulfide) groups is 2. The number of unbranched alkanes of at least 4 members (excludes halogenated alkanes) is 1. The molecule has 2 unspecified atom stereocenters. The predicted molar refractivity (Wildman–Crippen MR) is 147 cm³/mol. The van der Waals surface area contributed by atoms with Crippen molar-refractivity contribution in [3.05, 3.63) is 45.1 Å². The van der Waals surface area contributed by atoms with Crippen molar-refractivity contribution < 1.29 is 19.3 Å². The van der Waals surface area contributed by atoms with Crippen molar-refractivity contribution >= 4 is 49.4 Å². The molecular weight excluding hydrogens is 503 g/mol. The van der Waals surface area contributed by atoms with Gasteiger partial charge in [0.2, 0.25) is 9.04 Å². The first-order valence-corrected chi connectivity index (χ1v) is 16.2. The molecule has 8 nitrogen and oxygen atoms in total. The van der Waals surface area contributed by atoms with Crippen molar-refractivity contribution in [2.45, 2.75) is 77.1 Å². The van der Waals surface area contributed by atoms with E-state index < -0.39 is 26.0 Å². The number of hydrogen-bond acceptors (Lipinski definition) is 8. The minimum Gasteiger partial charge on any atom is -0.478 e. The van der Waals surface area contributed by atoms with Crippen LogP contribution in [0.4, 0.5) is 5.69 Å². The number of nitrogens with zero attached hydrogens (tertiary/aromatic N) is 2.